The highest BCUT2D eigenvalue weighted by atomic mass is 16.5. The van der Waals surface area contributed by atoms with Crippen LogP contribution in [0.15, 0.2) is 54.7 Å². The Labute approximate surface area is 111 Å². The van der Waals surface area contributed by atoms with Crippen LogP contribution in [0.25, 0.3) is 10.9 Å². The molecule has 2 aromatic carbocycles. The molecule has 3 aromatic rings. The molecule has 3 nitrogen and oxygen atoms in total. The first-order chi connectivity index (χ1) is 9.36. The molecule has 3 rings (SSSR count). The molecule has 0 spiro atoms. The molecule has 1 N–H and O–H groups in total. The van der Waals surface area contributed by atoms with E-state index in [1.807, 2.05) is 54.7 Å². The fraction of sp³-hybridized carbons (Fsp3) is 0.0625. The Balaban J connectivity index is 1.97. The minimum atomic E-state index is 0.398. The summed E-state index contributed by atoms with van der Waals surface area (Å²) in [6.45, 7) is 0. The third-order valence-corrected chi connectivity index (χ3v) is 2.99. The largest absolute Gasteiger partial charge is 0.457 e. The first kappa shape index (κ1) is 11.4. The lowest BCUT2D eigenvalue weighted by molar-refractivity contribution is 0.483. The van der Waals surface area contributed by atoms with Gasteiger partial charge >= 0.3 is 0 Å². The third kappa shape index (κ3) is 2.29. The number of fused-ring (bicyclic) bond motifs is 1. The summed E-state index contributed by atoms with van der Waals surface area (Å²) in [5.74, 6) is 1.58. The minimum Gasteiger partial charge on any atom is -0.457 e. The van der Waals surface area contributed by atoms with E-state index in [0.29, 0.717) is 6.42 Å². The molecule has 0 unspecified atom stereocenters. The number of nitrogens with one attached hydrogen (secondary N) is 1. The normalized spacial score (nSPS) is 10.3. The van der Waals surface area contributed by atoms with Crippen molar-refractivity contribution in [3.63, 3.8) is 0 Å². The van der Waals surface area contributed by atoms with Gasteiger partial charge in [-0.15, -0.1) is 0 Å². The van der Waals surface area contributed by atoms with Crippen LogP contribution < -0.4 is 4.74 Å². The number of aromatic amines is 1. The number of H-pyrrole nitrogens is 1. The summed E-state index contributed by atoms with van der Waals surface area (Å²) in [5, 5.41) is 9.84. The molecule has 0 bridgehead atoms. The summed E-state index contributed by atoms with van der Waals surface area (Å²) in [5.41, 5.74) is 2.02. The molecule has 3 heteroatoms. The topological polar surface area (TPSA) is 48.8 Å². The van der Waals surface area contributed by atoms with E-state index in [0.717, 1.165) is 28.0 Å². The summed E-state index contributed by atoms with van der Waals surface area (Å²) in [4.78, 5) is 3.16. The summed E-state index contributed by atoms with van der Waals surface area (Å²) in [7, 11) is 0. The van der Waals surface area contributed by atoms with Crippen LogP contribution in [0.2, 0.25) is 0 Å². The second-order valence-electron chi connectivity index (χ2n) is 4.27. The molecule has 0 saturated carbocycles. The van der Waals surface area contributed by atoms with Crippen LogP contribution in [0.3, 0.4) is 0 Å². The highest BCUT2D eigenvalue weighted by Crippen LogP contribution is 2.27. The van der Waals surface area contributed by atoms with Crippen molar-refractivity contribution >= 4 is 10.9 Å². The number of hydrogen-bond acceptors (Lipinski definition) is 2. The van der Waals surface area contributed by atoms with Crippen molar-refractivity contribution in [2.45, 2.75) is 6.42 Å². The van der Waals surface area contributed by atoms with Gasteiger partial charge in [-0.05, 0) is 35.9 Å². The zero-order valence-corrected chi connectivity index (χ0v) is 10.3. The average Bonchev–Trinajstić information content (AvgIpc) is 2.83. The molecule has 0 radical (unpaired) electrons. The predicted molar refractivity (Wildman–Crippen MR) is 74.1 cm³/mol. The van der Waals surface area contributed by atoms with Crippen LogP contribution in [0.4, 0.5) is 0 Å². The fourth-order valence-corrected chi connectivity index (χ4v) is 2.08. The first-order valence-corrected chi connectivity index (χ1v) is 6.07. The van der Waals surface area contributed by atoms with E-state index < -0.39 is 0 Å². The van der Waals surface area contributed by atoms with Crippen LogP contribution in [-0.4, -0.2) is 4.98 Å². The standard InChI is InChI=1S/C16H12N2O/c17-9-8-12-11-18-16-7-6-14(10-15(12)16)19-13-4-2-1-3-5-13/h1-7,10-11,18H,8H2. The first-order valence-electron chi connectivity index (χ1n) is 6.07. The summed E-state index contributed by atoms with van der Waals surface area (Å²) in [6.07, 6.45) is 2.27. The monoisotopic (exact) mass is 248 g/mol. The molecule has 0 atom stereocenters. The zero-order valence-electron chi connectivity index (χ0n) is 10.3. The van der Waals surface area contributed by atoms with E-state index in [2.05, 4.69) is 11.1 Å². The molecule has 0 amide bonds. The number of hydrogen-bond donors (Lipinski definition) is 1. The molecule has 1 heterocycles. The summed E-state index contributed by atoms with van der Waals surface area (Å²) < 4.78 is 5.79. The second-order valence-corrected chi connectivity index (χ2v) is 4.27. The highest BCUT2D eigenvalue weighted by Gasteiger charge is 2.05. The van der Waals surface area contributed by atoms with E-state index in [-0.39, 0.29) is 0 Å². The number of nitrogens with zero attached hydrogens (tertiary/aromatic N) is 1. The molecule has 1 aromatic heterocycles. The van der Waals surface area contributed by atoms with Crippen LogP contribution in [0, 0.1) is 11.3 Å². The quantitative estimate of drug-likeness (QED) is 0.760. The maximum Gasteiger partial charge on any atom is 0.128 e. The lowest BCUT2D eigenvalue weighted by Gasteiger charge is -2.05. The molecule has 0 saturated heterocycles. The van der Waals surface area contributed by atoms with Gasteiger partial charge in [0.15, 0.2) is 0 Å². The van der Waals surface area contributed by atoms with Crippen molar-refractivity contribution in [1.29, 1.82) is 5.26 Å². The molecule has 0 aliphatic heterocycles. The third-order valence-electron chi connectivity index (χ3n) is 2.99. The van der Waals surface area contributed by atoms with Gasteiger partial charge in [0.05, 0.1) is 12.5 Å². The van der Waals surface area contributed by atoms with E-state index in [4.69, 9.17) is 10.00 Å². The van der Waals surface area contributed by atoms with Crippen LogP contribution in [0.5, 0.6) is 11.5 Å². The fourth-order valence-electron chi connectivity index (χ4n) is 2.08. The number of aromatic nitrogens is 1. The van der Waals surface area contributed by atoms with Gasteiger partial charge in [-0.25, -0.2) is 0 Å². The van der Waals surface area contributed by atoms with Crippen LogP contribution >= 0.6 is 0 Å². The highest BCUT2D eigenvalue weighted by molar-refractivity contribution is 5.84. The van der Waals surface area contributed by atoms with Crippen LogP contribution in [0.1, 0.15) is 5.56 Å². The van der Waals surface area contributed by atoms with Gasteiger partial charge in [-0.1, -0.05) is 18.2 Å². The molecule has 19 heavy (non-hydrogen) atoms. The molecular weight excluding hydrogens is 236 g/mol. The van der Waals surface area contributed by atoms with Gasteiger partial charge in [-0.3, -0.25) is 0 Å². The van der Waals surface area contributed by atoms with Gasteiger partial charge < -0.3 is 9.72 Å². The van der Waals surface area contributed by atoms with Crippen molar-refractivity contribution in [2.24, 2.45) is 0 Å². The minimum absolute atomic E-state index is 0.398. The molecule has 0 aliphatic carbocycles. The van der Waals surface area contributed by atoms with Crippen molar-refractivity contribution in [1.82, 2.24) is 4.98 Å². The van der Waals surface area contributed by atoms with E-state index >= 15 is 0 Å². The Bertz CT molecular complexity index is 738. The summed E-state index contributed by atoms with van der Waals surface area (Å²) in [6, 6.07) is 17.7. The Hall–Kier alpha value is -2.73. The van der Waals surface area contributed by atoms with E-state index in [1.165, 1.54) is 0 Å². The Kier molecular flexibility index (Phi) is 2.91. The SMILES string of the molecule is N#CCc1c[nH]c2ccc(Oc3ccccc3)cc12. The lowest BCUT2D eigenvalue weighted by atomic mass is 10.1. The molecule has 0 fully saturated rings. The second kappa shape index (κ2) is 4.87. The Morgan fingerprint density at radius 2 is 1.89 bits per heavy atom. The van der Waals surface area contributed by atoms with Gasteiger partial charge in [-0.2, -0.15) is 5.26 Å². The van der Waals surface area contributed by atoms with Gasteiger partial charge in [0.2, 0.25) is 0 Å². The van der Waals surface area contributed by atoms with Crippen molar-refractivity contribution < 1.29 is 4.74 Å². The number of benzene rings is 2. The Morgan fingerprint density at radius 3 is 2.68 bits per heavy atom. The van der Waals surface area contributed by atoms with Crippen molar-refractivity contribution in [3.8, 4) is 17.6 Å². The number of ether oxygens (including phenoxy) is 1. The molecular formula is C16H12N2O. The van der Waals surface area contributed by atoms with Gasteiger partial charge in [0, 0.05) is 17.1 Å². The zero-order chi connectivity index (χ0) is 13.1. The number of rotatable bonds is 3. The van der Waals surface area contributed by atoms with Crippen molar-refractivity contribution in [3.05, 3.63) is 60.3 Å². The number of nitriles is 1. The van der Waals surface area contributed by atoms with E-state index in [9.17, 15) is 0 Å². The van der Waals surface area contributed by atoms with Crippen LogP contribution in [-0.2, 0) is 6.42 Å². The predicted octanol–water partition coefficient (Wildman–Crippen LogP) is 4.03. The maximum atomic E-state index is 8.81. The average molecular weight is 248 g/mol. The molecule has 0 aliphatic rings. The van der Waals surface area contributed by atoms with Crippen molar-refractivity contribution in [2.75, 3.05) is 0 Å². The Morgan fingerprint density at radius 1 is 1.05 bits per heavy atom. The number of para-hydroxylation sites is 1. The molecule has 92 valence electrons. The summed E-state index contributed by atoms with van der Waals surface area (Å²) >= 11 is 0. The lowest BCUT2D eigenvalue weighted by Crippen LogP contribution is -1.84. The van der Waals surface area contributed by atoms with Gasteiger partial charge in [0.25, 0.3) is 0 Å². The van der Waals surface area contributed by atoms with Gasteiger partial charge in [0.1, 0.15) is 11.5 Å². The smallest absolute Gasteiger partial charge is 0.128 e. The maximum absolute atomic E-state index is 8.81. The van der Waals surface area contributed by atoms with E-state index in [1.54, 1.807) is 0 Å².